The molecule has 88 valence electrons. The van der Waals surface area contributed by atoms with Gasteiger partial charge in [0.25, 0.3) is 0 Å². The molecule has 0 N–H and O–H groups in total. The first-order valence-corrected chi connectivity index (χ1v) is 5.48. The average Bonchev–Trinajstić information content (AvgIpc) is 2.23. The molecular formula is C11H20ClNO2. The third-order valence-corrected chi connectivity index (χ3v) is 2.78. The Morgan fingerprint density at radius 2 is 2.20 bits per heavy atom. The number of hydrogen-bond acceptors (Lipinski definition) is 2. The summed E-state index contributed by atoms with van der Waals surface area (Å²) in [5.41, 5.74) is -0.529. The summed E-state index contributed by atoms with van der Waals surface area (Å²) >= 11 is 5.76. The van der Waals surface area contributed by atoms with Gasteiger partial charge >= 0.3 is 0 Å². The number of hydrogen-bond donors (Lipinski definition) is 0. The standard InChI is InChI=1S/C11H20ClNO2/c1-5-6-13(7-8-15-4)10(14)11(2,3)9-12/h5H,1,6-9H2,2-4H3. The Bertz CT molecular complexity index is 217. The summed E-state index contributed by atoms with van der Waals surface area (Å²) in [7, 11) is 1.61. The monoisotopic (exact) mass is 233 g/mol. The van der Waals surface area contributed by atoms with E-state index in [2.05, 4.69) is 6.58 Å². The van der Waals surface area contributed by atoms with Gasteiger partial charge in [-0.2, -0.15) is 0 Å². The highest BCUT2D eigenvalue weighted by molar-refractivity contribution is 6.19. The quantitative estimate of drug-likeness (QED) is 0.497. The average molecular weight is 234 g/mol. The van der Waals surface area contributed by atoms with Gasteiger partial charge in [0.15, 0.2) is 0 Å². The van der Waals surface area contributed by atoms with E-state index < -0.39 is 5.41 Å². The molecule has 0 fully saturated rings. The van der Waals surface area contributed by atoms with Crippen LogP contribution >= 0.6 is 11.6 Å². The summed E-state index contributed by atoms with van der Waals surface area (Å²) in [6.45, 7) is 8.94. The van der Waals surface area contributed by atoms with Gasteiger partial charge in [-0.25, -0.2) is 0 Å². The van der Waals surface area contributed by atoms with Gasteiger partial charge in [-0.3, -0.25) is 4.79 Å². The maximum atomic E-state index is 12.0. The molecule has 0 rings (SSSR count). The van der Waals surface area contributed by atoms with E-state index in [1.165, 1.54) is 0 Å². The number of carbonyl (C=O) groups is 1. The molecule has 0 aromatic carbocycles. The molecule has 0 aliphatic rings. The minimum Gasteiger partial charge on any atom is -0.383 e. The third-order valence-electron chi connectivity index (χ3n) is 2.12. The Labute approximate surface area is 97.0 Å². The van der Waals surface area contributed by atoms with Crippen LogP contribution in [0.25, 0.3) is 0 Å². The number of amides is 1. The Balaban J connectivity index is 4.46. The summed E-state index contributed by atoms with van der Waals surface area (Å²) in [4.78, 5) is 13.7. The van der Waals surface area contributed by atoms with Gasteiger partial charge in [-0.05, 0) is 13.8 Å². The summed E-state index contributed by atoms with van der Waals surface area (Å²) in [6.07, 6.45) is 1.71. The van der Waals surface area contributed by atoms with Crippen molar-refractivity contribution in [3.05, 3.63) is 12.7 Å². The molecular weight excluding hydrogens is 214 g/mol. The molecule has 0 aromatic heterocycles. The predicted octanol–water partition coefficient (Wildman–Crippen LogP) is 1.91. The predicted molar refractivity (Wildman–Crippen MR) is 63.2 cm³/mol. The molecule has 0 aliphatic heterocycles. The minimum atomic E-state index is -0.529. The third kappa shape index (κ3) is 4.67. The van der Waals surface area contributed by atoms with E-state index in [4.69, 9.17) is 16.3 Å². The van der Waals surface area contributed by atoms with E-state index >= 15 is 0 Å². The van der Waals surface area contributed by atoms with E-state index in [0.29, 0.717) is 25.6 Å². The molecule has 0 atom stereocenters. The lowest BCUT2D eigenvalue weighted by atomic mass is 9.94. The lowest BCUT2D eigenvalue weighted by molar-refractivity contribution is -0.139. The second-order valence-corrected chi connectivity index (χ2v) is 4.32. The molecule has 0 saturated carbocycles. The summed E-state index contributed by atoms with van der Waals surface area (Å²) in [6, 6.07) is 0. The van der Waals surface area contributed by atoms with Crippen LogP contribution in [0, 0.1) is 5.41 Å². The Morgan fingerprint density at radius 3 is 2.60 bits per heavy atom. The van der Waals surface area contributed by atoms with Crippen molar-refractivity contribution in [2.45, 2.75) is 13.8 Å². The van der Waals surface area contributed by atoms with Crippen molar-refractivity contribution in [1.82, 2.24) is 4.90 Å². The molecule has 0 aromatic rings. The first kappa shape index (κ1) is 14.5. The Hall–Kier alpha value is -0.540. The molecule has 0 radical (unpaired) electrons. The van der Waals surface area contributed by atoms with Crippen molar-refractivity contribution in [3.8, 4) is 0 Å². The van der Waals surface area contributed by atoms with Crippen molar-refractivity contribution < 1.29 is 9.53 Å². The van der Waals surface area contributed by atoms with Crippen molar-refractivity contribution in [2.75, 3.05) is 32.7 Å². The van der Waals surface area contributed by atoms with Crippen LogP contribution in [-0.2, 0) is 9.53 Å². The highest BCUT2D eigenvalue weighted by Gasteiger charge is 2.30. The zero-order chi connectivity index (χ0) is 11.9. The second-order valence-electron chi connectivity index (χ2n) is 4.05. The van der Waals surface area contributed by atoms with Gasteiger partial charge in [-0.15, -0.1) is 18.2 Å². The van der Waals surface area contributed by atoms with E-state index in [9.17, 15) is 4.79 Å². The minimum absolute atomic E-state index is 0.0365. The SMILES string of the molecule is C=CCN(CCOC)C(=O)C(C)(C)CCl. The molecule has 0 saturated heterocycles. The fraction of sp³-hybridized carbons (Fsp3) is 0.727. The lowest BCUT2D eigenvalue weighted by Crippen LogP contribution is -2.43. The van der Waals surface area contributed by atoms with Crippen LogP contribution < -0.4 is 0 Å². The molecule has 1 amide bonds. The second kappa shape index (κ2) is 6.85. The highest BCUT2D eigenvalue weighted by Crippen LogP contribution is 2.20. The first-order valence-electron chi connectivity index (χ1n) is 4.94. The molecule has 0 aliphatic carbocycles. The number of alkyl halides is 1. The van der Waals surface area contributed by atoms with Gasteiger partial charge in [0.05, 0.1) is 12.0 Å². The van der Waals surface area contributed by atoms with Gasteiger partial charge in [0.2, 0.25) is 5.91 Å². The van der Waals surface area contributed by atoms with E-state index in [0.717, 1.165) is 0 Å². The lowest BCUT2D eigenvalue weighted by Gasteiger charge is -2.29. The van der Waals surface area contributed by atoms with Gasteiger partial charge in [0.1, 0.15) is 0 Å². The fourth-order valence-corrected chi connectivity index (χ4v) is 1.23. The normalized spacial score (nSPS) is 11.2. The van der Waals surface area contributed by atoms with Crippen molar-refractivity contribution in [3.63, 3.8) is 0 Å². The Morgan fingerprint density at radius 1 is 1.60 bits per heavy atom. The maximum Gasteiger partial charge on any atom is 0.229 e. The van der Waals surface area contributed by atoms with E-state index in [1.807, 2.05) is 13.8 Å². The summed E-state index contributed by atoms with van der Waals surface area (Å²) in [5, 5.41) is 0. The molecule has 3 nitrogen and oxygen atoms in total. The van der Waals surface area contributed by atoms with E-state index in [-0.39, 0.29) is 5.91 Å². The van der Waals surface area contributed by atoms with Gasteiger partial charge in [-0.1, -0.05) is 6.08 Å². The zero-order valence-corrected chi connectivity index (χ0v) is 10.5. The van der Waals surface area contributed by atoms with Crippen LogP contribution in [0.1, 0.15) is 13.8 Å². The topological polar surface area (TPSA) is 29.5 Å². The van der Waals surface area contributed by atoms with E-state index in [1.54, 1.807) is 18.1 Å². The smallest absolute Gasteiger partial charge is 0.229 e. The van der Waals surface area contributed by atoms with Crippen molar-refractivity contribution >= 4 is 17.5 Å². The van der Waals surface area contributed by atoms with Crippen molar-refractivity contribution in [1.29, 1.82) is 0 Å². The molecule has 0 bridgehead atoms. The number of halogens is 1. The number of carbonyl (C=O) groups excluding carboxylic acids is 1. The summed E-state index contributed by atoms with van der Waals surface area (Å²) in [5.74, 6) is 0.348. The van der Waals surface area contributed by atoms with Crippen LogP contribution in [-0.4, -0.2) is 43.5 Å². The van der Waals surface area contributed by atoms with Crippen molar-refractivity contribution in [2.24, 2.45) is 5.41 Å². The van der Waals surface area contributed by atoms with Crippen LogP contribution in [0.2, 0.25) is 0 Å². The number of methoxy groups -OCH3 is 1. The summed E-state index contributed by atoms with van der Waals surface area (Å²) < 4.78 is 4.95. The van der Waals surface area contributed by atoms with Crippen LogP contribution in [0.5, 0.6) is 0 Å². The molecule has 0 spiro atoms. The molecule has 0 unspecified atom stereocenters. The highest BCUT2D eigenvalue weighted by atomic mass is 35.5. The van der Waals surface area contributed by atoms with Crippen LogP contribution in [0.3, 0.4) is 0 Å². The number of nitrogens with zero attached hydrogens (tertiary/aromatic N) is 1. The largest absolute Gasteiger partial charge is 0.383 e. The van der Waals surface area contributed by atoms with Crippen LogP contribution in [0.15, 0.2) is 12.7 Å². The van der Waals surface area contributed by atoms with Gasteiger partial charge < -0.3 is 9.64 Å². The zero-order valence-electron chi connectivity index (χ0n) is 9.75. The molecule has 15 heavy (non-hydrogen) atoms. The first-order chi connectivity index (χ1) is 6.99. The maximum absolute atomic E-state index is 12.0. The molecule has 4 heteroatoms. The Kier molecular flexibility index (Phi) is 6.61. The van der Waals surface area contributed by atoms with Gasteiger partial charge in [0, 0.05) is 26.1 Å². The van der Waals surface area contributed by atoms with Crippen LogP contribution in [0.4, 0.5) is 0 Å². The number of rotatable bonds is 7. The molecule has 0 heterocycles. The number of ether oxygens (including phenoxy) is 1. The fourth-order valence-electron chi connectivity index (χ4n) is 1.12.